The van der Waals surface area contributed by atoms with E-state index < -0.39 is 6.57 Å². The van der Waals surface area contributed by atoms with E-state index in [1.165, 1.54) is 17.6 Å². The first-order valence-electron chi connectivity index (χ1n) is 2.69. The first kappa shape index (κ1) is 7.78. The van der Waals surface area contributed by atoms with Gasteiger partial charge in [0.1, 0.15) is 6.26 Å². The van der Waals surface area contributed by atoms with Gasteiger partial charge in [-0.3, -0.25) is 4.57 Å². The summed E-state index contributed by atoms with van der Waals surface area (Å²) in [5.41, 5.74) is 0.692. The van der Waals surface area contributed by atoms with Gasteiger partial charge in [0.05, 0.1) is 6.16 Å². The molecule has 54 valence electrons. The van der Waals surface area contributed by atoms with Gasteiger partial charge in [-0.15, -0.1) is 6.42 Å². The van der Waals surface area contributed by atoms with Crippen molar-refractivity contribution in [2.45, 2.75) is 0 Å². The van der Waals surface area contributed by atoms with Crippen LogP contribution in [0.5, 0.6) is 0 Å². The number of hydrogen-bond acceptors (Lipinski definition) is 3. The zero-order valence-corrected chi connectivity index (χ0v) is 7.24. The number of allylic oxidation sites excluding steroid dienone is 1. The summed E-state index contributed by atoms with van der Waals surface area (Å²) in [6, 6.07) is 0. The fourth-order valence-electron chi connectivity index (χ4n) is 0.614. The molecule has 0 aromatic heterocycles. The molecule has 10 heavy (non-hydrogen) atoms. The molecular weight excluding hydrogens is 167 g/mol. The van der Waals surface area contributed by atoms with Crippen LogP contribution in [0.25, 0.3) is 0 Å². The molecule has 0 saturated heterocycles. The van der Waals surface area contributed by atoms with Crippen molar-refractivity contribution in [2.24, 2.45) is 0 Å². The van der Waals surface area contributed by atoms with Crippen LogP contribution in [0.15, 0.2) is 11.8 Å². The molecule has 4 heteroatoms. The van der Waals surface area contributed by atoms with E-state index in [0.29, 0.717) is 11.7 Å². The second-order valence-electron chi connectivity index (χ2n) is 1.84. The molecule has 0 radical (unpaired) electrons. The summed E-state index contributed by atoms with van der Waals surface area (Å²) in [4.78, 5) is 0. The van der Waals surface area contributed by atoms with Crippen molar-refractivity contribution >= 4 is 18.0 Å². The van der Waals surface area contributed by atoms with Crippen LogP contribution in [0.3, 0.4) is 0 Å². The zero-order valence-electron chi connectivity index (χ0n) is 5.53. The minimum atomic E-state index is -2.44. The average molecular weight is 174 g/mol. The fraction of sp³-hybridized carbons (Fsp3) is 0.333. The van der Waals surface area contributed by atoms with Gasteiger partial charge in [0.25, 0.3) is 0 Å². The molecule has 1 heterocycles. The molecular formula is C6H7O2PS. The van der Waals surface area contributed by atoms with Crippen molar-refractivity contribution in [3.63, 3.8) is 0 Å². The predicted octanol–water partition coefficient (Wildman–Crippen LogP) is 2.09. The van der Waals surface area contributed by atoms with E-state index in [9.17, 15) is 4.57 Å². The molecule has 2 nitrogen and oxygen atoms in total. The van der Waals surface area contributed by atoms with Gasteiger partial charge in [-0.05, 0) is 6.26 Å². The van der Waals surface area contributed by atoms with E-state index in [4.69, 9.17) is 10.9 Å². The molecule has 0 aliphatic carbocycles. The Kier molecular flexibility index (Phi) is 2.13. The van der Waals surface area contributed by atoms with E-state index in [1.807, 2.05) is 0 Å². The Bertz CT molecular complexity index is 251. The van der Waals surface area contributed by atoms with Crippen LogP contribution >= 0.6 is 18.0 Å². The molecule has 0 amide bonds. The Hall–Kier alpha value is -0.320. The molecule has 0 saturated carbocycles. The van der Waals surface area contributed by atoms with Crippen molar-refractivity contribution in [3.05, 3.63) is 11.8 Å². The molecule has 1 atom stereocenters. The first-order chi connectivity index (χ1) is 4.70. The summed E-state index contributed by atoms with van der Waals surface area (Å²) in [7, 11) is 0. The van der Waals surface area contributed by atoms with Crippen molar-refractivity contribution in [1.29, 1.82) is 0 Å². The van der Waals surface area contributed by atoms with Crippen molar-refractivity contribution in [1.82, 2.24) is 0 Å². The molecule has 1 aliphatic rings. The van der Waals surface area contributed by atoms with Crippen molar-refractivity contribution in [3.8, 4) is 12.3 Å². The monoisotopic (exact) mass is 174 g/mol. The normalized spacial score (nSPS) is 30.6. The van der Waals surface area contributed by atoms with Crippen LogP contribution in [0, 0.1) is 12.3 Å². The van der Waals surface area contributed by atoms with Gasteiger partial charge < -0.3 is 4.52 Å². The molecule has 0 spiro atoms. The van der Waals surface area contributed by atoms with Crippen LogP contribution in [0.1, 0.15) is 0 Å². The third-order valence-corrected chi connectivity index (χ3v) is 5.21. The summed E-state index contributed by atoms with van der Waals surface area (Å²) in [5, 5.41) is 0. The maximum absolute atomic E-state index is 11.3. The van der Waals surface area contributed by atoms with Gasteiger partial charge in [-0.1, -0.05) is 17.3 Å². The summed E-state index contributed by atoms with van der Waals surface area (Å²) in [5.74, 6) is 2.40. The molecule has 0 N–H and O–H groups in total. The van der Waals surface area contributed by atoms with E-state index in [1.54, 1.807) is 6.26 Å². The highest BCUT2D eigenvalue weighted by atomic mass is 32.7. The third-order valence-electron chi connectivity index (χ3n) is 1.18. The molecule has 1 rings (SSSR count). The van der Waals surface area contributed by atoms with Crippen LogP contribution < -0.4 is 0 Å². The quantitative estimate of drug-likeness (QED) is 0.449. The Morgan fingerprint density at radius 3 is 3.00 bits per heavy atom. The lowest BCUT2D eigenvalue weighted by Crippen LogP contribution is -1.79. The minimum absolute atomic E-state index is 0.407. The van der Waals surface area contributed by atoms with Crippen LogP contribution in [0.4, 0.5) is 0 Å². The van der Waals surface area contributed by atoms with Crippen LogP contribution in [0.2, 0.25) is 0 Å². The maximum Gasteiger partial charge on any atom is 0.307 e. The van der Waals surface area contributed by atoms with Crippen molar-refractivity contribution in [2.75, 3.05) is 12.4 Å². The summed E-state index contributed by atoms with van der Waals surface area (Å²) < 4.78 is 16.3. The predicted molar refractivity (Wildman–Crippen MR) is 44.0 cm³/mol. The van der Waals surface area contributed by atoms with Crippen LogP contribution in [-0.4, -0.2) is 12.4 Å². The lowest BCUT2D eigenvalue weighted by Gasteiger charge is -2.04. The summed E-state index contributed by atoms with van der Waals surface area (Å²) >= 11 is 1.24. The molecule has 0 aromatic carbocycles. The van der Waals surface area contributed by atoms with E-state index in [-0.39, 0.29) is 0 Å². The minimum Gasteiger partial charge on any atom is -0.443 e. The van der Waals surface area contributed by atoms with Gasteiger partial charge in [0, 0.05) is 5.57 Å². The van der Waals surface area contributed by atoms with E-state index >= 15 is 0 Å². The van der Waals surface area contributed by atoms with Gasteiger partial charge in [-0.2, -0.15) is 0 Å². The average Bonchev–Trinajstić information content (AvgIpc) is 2.33. The lowest BCUT2D eigenvalue weighted by atomic mass is 10.4. The highest BCUT2D eigenvalue weighted by molar-refractivity contribution is 8.56. The molecule has 0 aromatic rings. The Morgan fingerprint density at radius 1 is 2.00 bits per heavy atom. The molecule has 1 unspecified atom stereocenters. The largest absolute Gasteiger partial charge is 0.443 e. The number of terminal acetylenes is 1. The third kappa shape index (κ3) is 1.39. The smallest absolute Gasteiger partial charge is 0.307 e. The first-order valence-corrected chi connectivity index (χ1v) is 6.33. The fourth-order valence-corrected chi connectivity index (χ4v) is 2.97. The van der Waals surface area contributed by atoms with Gasteiger partial charge in [0.15, 0.2) is 0 Å². The topological polar surface area (TPSA) is 26.3 Å². The Balaban J connectivity index is 2.70. The van der Waals surface area contributed by atoms with Crippen molar-refractivity contribution < 1.29 is 9.09 Å². The molecule has 0 bridgehead atoms. The van der Waals surface area contributed by atoms with E-state index in [2.05, 4.69) is 5.92 Å². The van der Waals surface area contributed by atoms with E-state index in [0.717, 1.165) is 0 Å². The highest BCUT2D eigenvalue weighted by Crippen LogP contribution is 2.62. The maximum atomic E-state index is 11.3. The second kappa shape index (κ2) is 2.74. The number of rotatable bonds is 1. The number of hydrogen-bond donors (Lipinski definition) is 0. The zero-order chi connectivity index (χ0) is 7.61. The SMILES string of the molecule is C#CC1=COP(=O)(SC)C1. The van der Waals surface area contributed by atoms with Crippen LogP contribution in [-0.2, 0) is 9.09 Å². The summed E-state index contributed by atoms with van der Waals surface area (Å²) in [6.45, 7) is -2.44. The van der Waals surface area contributed by atoms with Gasteiger partial charge >= 0.3 is 6.57 Å². The Morgan fingerprint density at radius 2 is 2.70 bits per heavy atom. The lowest BCUT2D eigenvalue weighted by molar-refractivity contribution is 0.471. The summed E-state index contributed by atoms with van der Waals surface area (Å²) in [6.07, 6.45) is 8.66. The molecule has 1 aliphatic heterocycles. The highest BCUT2D eigenvalue weighted by Gasteiger charge is 2.28. The van der Waals surface area contributed by atoms with Gasteiger partial charge in [-0.25, -0.2) is 0 Å². The van der Waals surface area contributed by atoms with Gasteiger partial charge in [0.2, 0.25) is 0 Å². The molecule has 0 fully saturated rings. The standard InChI is InChI=1S/C6H7O2PS/c1-3-6-4-8-9(7,5-6)10-2/h1,4H,5H2,2H3. The second-order valence-corrected chi connectivity index (χ2v) is 6.72. The Labute approximate surface area is 64.2 Å².